The molecule has 0 aromatic carbocycles. The van der Waals surface area contributed by atoms with Crippen molar-refractivity contribution in [3.05, 3.63) is 83.5 Å². The van der Waals surface area contributed by atoms with Crippen LogP contribution < -0.4 is 10.2 Å². The number of hydrogen-bond acceptors (Lipinski definition) is 7. The largest absolute Gasteiger partial charge is 0.378 e. The summed E-state index contributed by atoms with van der Waals surface area (Å²) in [5.74, 6) is -0.127. The molecule has 3 aromatic heterocycles. The zero-order chi connectivity index (χ0) is 21.8. The molecule has 2 aliphatic rings. The van der Waals surface area contributed by atoms with E-state index in [0.29, 0.717) is 13.0 Å². The Kier molecular flexibility index (Phi) is 5.85. The first-order chi connectivity index (χ1) is 15.8. The van der Waals surface area contributed by atoms with Crippen molar-refractivity contribution in [1.29, 1.82) is 0 Å². The van der Waals surface area contributed by atoms with E-state index in [0.717, 1.165) is 66.5 Å². The highest BCUT2D eigenvalue weighted by molar-refractivity contribution is 5.91. The number of pyridine rings is 2. The number of morpholine rings is 1. The van der Waals surface area contributed by atoms with Crippen LogP contribution in [0.3, 0.4) is 0 Å². The van der Waals surface area contributed by atoms with Gasteiger partial charge in [-0.25, -0.2) is 9.97 Å². The van der Waals surface area contributed by atoms with E-state index in [1.54, 1.807) is 18.6 Å². The molecule has 8 nitrogen and oxygen atoms in total. The molecule has 5 rings (SSSR count). The highest BCUT2D eigenvalue weighted by Gasteiger charge is 2.21. The molecule has 4 heterocycles. The number of nitrogens with zero attached hydrogens (tertiary/aromatic N) is 5. The maximum Gasteiger partial charge on any atom is 0.289 e. The van der Waals surface area contributed by atoms with Crippen LogP contribution >= 0.6 is 0 Å². The number of nitrogens with one attached hydrogen (secondary N) is 1. The topological polar surface area (TPSA) is 93.1 Å². The van der Waals surface area contributed by atoms with Crippen molar-refractivity contribution < 1.29 is 9.53 Å². The lowest BCUT2D eigenvalue weighted by atomic mass is 10.0. The molecule has 0 saturated carbocycles. The second-order valence-electron chi connectivity index (χ2n) is 7.73. The second-order valence-corrected chi connectivity index (χ2v) is 7.73. The van der Waals surface area contributed by atoms with Gasteiger partial charge >= 0.3 is 0 Å². The van der Waals surface area contributed by atoms with Gasteiger partial charge < -0.3 is 15.0 Å². The number of fused-ring (bicyclic) bond motifs is 1. The van der Waals surface area contributed by atoms with Gasteiger partial charge in [0.15, 0.2) is 0 Å². The van der Waals surface area contributed by atoms with Crippen molar-refractivity contribution in [3.63, 3.8) is 0 Å². The standard InChI is InChI=1S/C24H24N6O2/c31-24(26-8-6-18-3-1-2-7-25-18)23-28-14-17(15-29-23)20-4-5-22-21(20)13-19(16-27-22)30-9-11-32-12-10-30/h1-4,7,13-16H,5-6,8-12H2,(H,26,31). The van der Waals surface area contributed by atoms with Gasteiger partial charge in [0.05, 0.1) is 30.8 Å². The molecule has 1 amide bonds. The Bertz CT molecular complexity index is 1120. The molecular formula is C24H24N6O2. The monoisotopic (exact) mass is 428 g/mol. The Morgan fingerprint density at radius 3 is 2.69 bits per heavy atom. The Labute approximate surface area is 186 Å². The van der Waals surface area contributed by atoms with Gasteiger partial charge in [0.25, 0.3) is 5.91 Å². The first kappa shape index (κ1) is 20.3. The quantitative estimate of drug-likeness (QED) is 0.642. The summed E-state index contributed by atoms with van der Waals surface area (Å²) in [4.78, 5) is 32.2. The van der Waals surface area contributed by atoms with Crippen molar-refractivity contribution in [3.8, 4) is 0 Å². The smallest absolute Gasteiger partial charge is 0.289 e. The van der Waals surface area contributed by atoms with E-state index in [1.807, 2.05) is 24.4 Å². The fraction of sp³-hybridized carbons (Fsp3) is 0.292. The second kappa shape index (κ2) is 9.23. The fourth-order valence-electron chi connectivity index (χ4n) is 3.97. The minimum atomic E-state index is -0.287. The van der Waals surface area contributed by atoms with Crippen LogP contribution in [0.25, 0.3) is 5.57 Å². The average Bonchev–Trinajstić information content (AvgIpc) is 3.28. The molecular weight excluding hydrogens is 404 g/mol. The number of allylic oxidation sites excluding steroid dienone is 1. The number of hydrogen-bond donors (Lipinski definition) is 1. The summed E-state index contributed by atoms with van der Waals surface area (Å²) in [6.07, 6.45) is 10.7. The molecule has 3 aromatic rings. The lowest BCUT2D eigenvalue weighted by Gasteiger charge is -2.29. The zero-order valence-electron chi connectivity index (χ0n) is 17.7. The minimum absolute atomic E-state index is 0.161. The number of rotatable bonds is 6. The predicted octanol–water partition coefficient (Wildman–Crippen LogP) is 2.06. The summed E-state index contributed by atoms with van der Waals surface area (Å²) < 4.78 is 5.46. The normalized spacial score (nSPS) is 15.2. The van der Waals surface area contributed by atoms with Crippen LogP contribution in [0.1, 0.15) is 33.1 Å². The lowest BCUT2D eigenvalue weighted by molar-refractivity contribution is 0.0943. The third kappa shape index (κ3) is 4.36. The van der Waals surface area contributed by atoms with Crippen LogP contribution in [0.15, 0.2) is 55.1 Å². The van der Waals surface area contributed by atoms with Crippen LogP contribution in [0.2, 0.25) is 0 Å². The molecule has 1 saturated heterocycles. The summed E-state index contributed by atoms with van der Waals surface area (Å²) in [6, 6.07) is 7.92. The van der Waals surface area contributed by atoms with Gasteiger partial charge in [-0.05, 0) is 23.8 Å². The maximum absolute atomic E-state index is 12.4. The van der Waals surface area contributed by atoms with Crippen molar-refractivity contribution in [2.45, 2.75) is 12.8 Å². The fourth-order valence-corrected chi connectivity index (χ4v) is 3.97. The van der Waals surface area contributed by atoms with E-state index in [1.165, 1.54) is 0 Å². The van der Waals surface area contributed by atoms with Crippen molar-refractivity contribution in [2.24, 2.45) is 0 Å². The highest BCUT2D eigenvalue weighted by Crippen LogP contribution is 2.33. The Balaban J connectivity index is 1.25. The molecule has 1 fully saturated rings. The van der Waals surface area contributed by atoms with Gasteiger partial charge in [0.1, 0.15) is 0 Å². The number of carbonyl (C=O) groups is 1. The predicted molar refractivity (Wildman–Crippen MR) is 120 cm³/mol. The van der Waals surface area contributed by atoms with E-state index in [9.17, 15) is 4.79 Å². The van der Waals surface area contributed by atoms with Crippen molar-refractivity contribution >= 4 is 17.2 Å². The van der Waals surface area contributed by atoms with Gasteiger partial charge in [-0.1, -0.05) is 12.1 Å². The van der Waals surface area contributed by atoms with Crippen molar-refractivity contribution in [1.82, 2.24) is 25.3 Å². The molecule has 0 unspecified atom stereocenters. The molecule has 1 N–H and O–H groups in total. The molecule has 1 aliphatic heterocycles. The summed E-state index contributed by atoms with van der Waals surface area (Å²) in [5, 5.41) is 2.85. The first-order valence-electron chi connectivity index (χ1n) is 10.8. The van der Waals surface area contributed by atoms with Crippen LogP contribution in [0.4, 0.5) is 5.69 Å². The highest BCUT2D eigenvalue weighted by atomic mass is 16.5. The van der Waals surface area contributed by atoms with Crippen LogP contribution in [-0.4, -0.2) is 58.7 Å². The Hall–Kier alpha value is -3.65. The average molecular weight is 428 g/mol. The molecule has 32 heavy (non-hydrogen) atoms. The van der Waals surface area contributed by atoms with E-state index >= 15 is 0 Å². The van der Waals surface area contributed by atoms with E-state index in [2.05, 4.69) is 42.3 Å². The summed E-state index contributed by atoms with van der Waals surface area (Å²) in [5.41, 5.74) is 6.13. The molecule has 8 heteroatoms. The lowest BCUT2D eigenvalue weighted by Crippen LogP contribution is -2.36. The summed E-state index contributed by atoms with van der Waals surface area (Å²) >= 11 is 0. The van der Waals surface area contributed by atoms with Gasteiger partial charge in [0, 0.05) is 67.9 Å². The maximum atomic E-state index is 12.4. The number of carbonyl (C=O) groups excluding carboxylic acids is 1. The van der Waals surface area contributed by atoms with Gasteiger partial charge in [-0.2, -0.15) is 0 Å². The van der Waals surface area contributed by atoms with E-state index in [-0.39, 0.29) is 11.7 Å². The molecule has 0 radical (unpaired) electrons. The molecule has 0 bridgehead atoms. The van der Waals surface area contributed by atoms with Gasteiger partial charge in [-0.15, -0.1) is 0 Å². The zero-order valence-corrected chi connectivity index (χ0v) is 17.7. The molecule has 0 atom stereocenters. The molecule has 162 valence electrons. The number of aromatic nitrogens is 4. The van der Waals surface area contributed by atoms with E-state index < -0.39 is 0 Å². The van der Waals surface area contributed by atoms with Crippen LogP contribution in [0, 0.1) is 0 Å². The van der Waals surface area contributed by atoms with Crippen molar-refractivity contribution in [2.75, 3.05) is 37.7 Å². The van der Waals surface area contributed by atoms with Gasteiger partial charge in [0.2, 0.25) is 5.82 Å². The number of anilines is 1. The molecule has 1 aliphatic carbocycles. The van der Waals surface area contributed by atoms with Gasteiger partial charge in [-0.3, -0.25) is 14.8 Å². The molecule has 0 spiro atoms. The summed E-state index contributed by atoms with van der Waals surface area (Å²) in [7, 11) is 0. The Morgan fingerprint density at radius 1 is 1.06 bits per heavy atom. The summed E-state index contributed by atoms with van der Waals surface area (Å²) in [6.45, 7) is 3.69. The SMILES string of the molecule is O=C(NCCc1ccccn1)c1ncc(C2=CCc3ncc(N4CCOCC4)cc32)cn1. The van der Waals surface area contributed by atoms with Crippen LogP contribution in [0.5, 0.6) is 0 Å². The van der Waals surface area contributed by atoms with E-state index in [4.69, 9.17) is 4.74 Å². The van der Waals surface area contributed by atoms with Crippen LogP contribution in [-0.2, 0) is 17.6 Å². The Morgan fingerprint density at radius 2 is 1.91 bits per heavy atom. The first-order valence-corrected chi connectivity index (χ1v) is 10.8. The minimum Gasteiger partial charge on any atom is -0.378 e. The third-order valence-corrected chi connectivity index (χ3v) is 5.68. The number of ether oxygens (including phenoxy) is 1. The third-order valence-electron chi connectivity index (χ3n) is 5.68. The number of amides is 1.